The van der Waals surface area contributed by atoms with Gasteiger partial charge in [-0.05, 0) is 25.8 Å². The highest BCUT2D eigenvalue weighted by Crippen LogP contribution is 2.20. The van der Waals surface area contributed by atoms with Crippen molar-refractivity contribution in [1.29, 1.82) is 0 Å². The highest BCUT2D eigenvalue weighted by Gasteiger charge is 2.26. The normalized spacial score (nSPS) is 22.4. The Morgan fingerprint density at radius 1 is 1.50 bits per heavy atom. The summed E-state index contributed by atoms with van der Waals surface area (Å²) in [5.41, 5.74) is -0.0475. The molecule has 20 heavy (non-hydrogen) atoms. The van der Waals surface area contributed by atoms with Crippen molar-refractivity contribution < 1.29 is 14.3 Å². The van der Waals surface area contributed by atoms with Crippen LogP contribution in [0.5, 0.6) is 0 Å². The second-order valence-electron chi connectivity index (χ2n) is 4.98. The van der Waals surface area contributed by atoms with Crippen LogP contribution < -0.4 is 10.6 Å². The van der Waals surface area contributed by atoms with E-state index in [9.17, 15) is 14.3 Å². The van der Waals surface area contributed by atoms with Gasteiger partial charge in [-0.3, -0.25) is 4.79 Å². The lowest BCUT2D eigenvalue weighted by Crippen LogP contribution is -2.45. The molecule has 5 nitrogen and oxygen atoms in total. The molecule has 1 aliphatic rings. The molecule has 0 aromatic carbocycles. The molecule has 1 saturated carbocycles. The number of aliphatic hydroxyl groups excluding tert-OH is 1. The van der Waals surface area contributed by atoms with Crippen molar-refractivity contribution >= 4 is 11.7 Å². The average Bonchev–Trinajstić information content (AvgIpc) is 2.44. The third-order valence-electron chi connectivity index (χ3n) is 3.52. The van der Waals surface area contributed by atoms with E-state index in [-0.39, 0.29) is 17.4 Å². The van der Waals surface area contributed by atoms with Gasteiger partial charge < -0.3 is 15.7 Å². The van der Waals surface area contributed by atoms with Crippen LogP contribution in [0.4, 0.5) is 10.2 Å². The van der Waals surface area contributed by atoms with Crippen LogP contribution in [0.1, 0.15) is 43.0 Å². The second kappa shape index (κ2) is 6.65. The summed E-state index contributed by atoms with van der Waals surface area (Å²) in [4.78, 5) is 16.0. The number of aromatic nitrogens is 1. The van der Waals surface area contributed by atoms with Crippen molar-refractivity contribution in [2.45, 2.75) is 44.8 Å². The van der Waals surface area contributed by atoms with E-state index in [1.165, 1.54) is 12.3 Å². The maximum Gasteiger partial charge on any atom is 0.254 e. The van der Waals surface area contributed by atoms with E-state index in [0.29, 0.717) is 13.0 Å². The minimum atomic E-state index is -0.655. The van der Waals surface area contributed by atoms with Crippen LogP contribution in [0, 0.1) is 5.82 Å². The zero-order chi connectivity index (χ0) is 14.5. The predicted octanol–water partition coefficient (Wildman–Crippen LogP) is 1.69. The van der Waals surface area contributed by atoms with Gasteiger partial charge in [0.1, 0.15) is 0 Å². The SMILES string of the molecule is CCNc1nccc(C(=O)NC2CCCCC2O)c1F. The Balaban J connectivity index is 2.10. The molecule has 0 spiro atoms. The van der Waals surface area contributed by atoms with E-state index < -0.39 is 17.8 Å². The van der Waals surface area contributed by atoms with E-state index in [0.717, 1.165) is 19.3 Å². The van der Waals surface area contributed by atoms with Crippen molar-refractivity contribution in [1.82, 2.24) is 10.3 Å². The van der Waals surface area contributed by atoms with Crippen LogP contribution in [-0.2, 0) is 0 Å². The standard InChI is InChI=1S/C14H20FN3O2/c1-2-16-13-12(15)9(7-8-17-13)14(20)18-10-5-3-4-6-11(10)19/h7-8,10-11,19H,2-6H2,1H3,(H,16,17)(H,18,20). The molecule has 2 unspecified atom stereocenters. The Morgan fingerprint density at radius 3 is 2.95 bits per heavy atom. The van der Waals surface area contributed by atoms with Gasteiger partial charge in [0, 0.05) is 12.7 Å². The van der Waals surface area contributed by atoms with Gasteiger partial charge >= 0.3 is 0 Å². The van der Waals surface area contributed by atoms with Gasteiger partial charge in [0.05, 0.1) is 17.7 Å². The first kappa shape index (κ1) is 14.7. The quantitative estimate of drug-likeness (QED) is 0.785. The molecule has 2 atom stereocenters. The fourth-order valence-corrected chi connectivity index (χ4v) is 2.44. The van der Waals surface area contributed by atoms with Gasteiger partial charge in [-0.2, -0.15) is 0 Å². The van der Waals surface area contributed by atoms with Crippen LogP contribution in [0.15, 0.2) is 12.3 Å². The third kappa shape index (κ3) is 3.25. The number of rotatable bonds is 4. The number of amides is 1. The molecule has 6 heteroatoms. The molecular weight excluding hydrogens is 261 g/mol. The number of carbonyl (C=O) groups excluding carboxylic acids is 1. The maximum absolute atomic E-state index is 14.1. The molecule has 1 heterocycles. The first-order valence-electron chi connectivity index (χ1n) is 7.00. The second-order valence-corrected chi connectivity index (χ2v) is 4.98. The summed E-state index contributed by atoms with van der Waals surface area (Å²) in [5.74, 6) is -1.09. The summed E-state index contributed by atoms with van der Waals surface area (Å²) in [7, 11) is 0. The zero-order valence-electron chi connectivity index (χ0n) is 11.5. The number of hydrogen-bond acceptors (Lipinski definition) is 4. The number of pyridine rings is 1. The van der Waals surface area contributed by atoms with Gasteiger partial charge in [0.15, 0.2) is 11.6 Å². The summed E-state index contributed by atoms with van der Waals surface area (Å²) < 4.78 is 14.1. The molecule has 1 aliphatic carbocycles. The first-order chi connectivity index (χ1) is 9.63. The Kier molecular flexibility index (Phi) is 4.89. The predicted molar refractivity (Wildman–Crippen MR) is 74.1 cm³/mol. The Hall–Kier alpha value is -1.69. The molecular formula is C14H20FN3O2. The van der Waals surface area contributed by atoms with E-state index in [4.69, 9.17) is 0 Å². The Labute approximate surface area is 117 Å². The highest BCUT2D eigenvalue weighted by molar-refractivity contribution is 5.95. The van der Waals surface area contributed by atoms with E-state index in [1.54, 1.807) is 0 Å². The van der Waals surface area contributed by atoms with Gasteiger partial charge in [-0.15, -0.1) is 0 Å². The summed E-state index contributed by atoms with van der Waals surface area (Å²) in [6, 6.07) is 1.05. The lowest BCUT2D eigenvalue weighted by molar-refractivity contribution is 0.0714. The molecule has 0 saturated heterocycles. The van der Waals surface area contributed by atoms with Crippen LogP contribution in [0.25, 0.3) is 0 Å². The van der Waals surface area contributed by atoms with E-state index in [2.05, 4.69) is 15.6 Å². The van der Waals surface area contributed by atoms with Crippen molar-refractivity contribution in [3.05, 3.63) is 23.6 Å². The molecule has 0 aliphatic heterocycles. The Bertz CT molecular complexity index is 481. The van der Waals surface area contributed by atoms with Crippen molar-refractivity contribution in [2.75, 3.05) is 11.9 Å². The minimum absolute atomic E-state index is 0.0475. The van der Waals surface area contributed by atoms with Gasteiger partial charge in [-0.25, -0.2) is 9.37 Å². The first-order valence-corrected chi connectivity index (χ1v) is 7.00. The summed E-state index contributed by atoms with van der Waals surface area (Å²) in [6.07, 6.45) is 4.16. The largest absolute Gasteiger partial charge is 0.391 e. The smallest absolute Gasteiger partial charge is 0.254 e. The molecule has 0 bridgehead atoms. The van der Waals surface area contributed by atoms with Crippen molar-refractivity contribution in [2.24, 2.45) is 0 Å². The summed E-state index contributed by atoms with van der Waals surface area (Å²) >= 11 is 0. The fourth-order valence-electron chi connectivity index (χ4n) is 2.44. The maximum atomic E-state index is 14.1. The molecule has 3 N–H and O–H groups in total. The minimum Gasteiger partial charge on any atom is -0.391 e. The molecule has 1 aromatic heterocycles. The number of anilines is 1. The van der Waals surface area contributed by atoms with Gasteiger partial charge in [-0.1, -0.05) is 12.8 Å². The van der Waals surface area contributed by atoms with E-state index >= 15 is 0 Å². The molecule has 0 radical (unpaired) electrons. The third-order valence-corrected chi connectivity index (χ3v) is 3.52. The lowest BCUT2D eigenvalue weighted by Gasteiger charge is -2.28. The molecule has 110 valence electrons. The van der Waals surface area contributed by atoms with Crippen LogP contribution in [0.3, 0.4) is 0 Å². The number of aliphatic hydroxyl groups is 1. The molecule has 1 amide bonds. The topological polar surface area (TPSA) is 74.2 Å². The molecule has 1 aromatic rings. The number of halogens is 1. The fraction of sp³-hybridized carbons (Fsp3) is 0.571. The highest BCUT2D eigenvalue weighted by atomic mass is 19.1. The summed E-state index contributed by atoms with van der Waals surface area (Å²) in [6.45, 7) is 2.35. The number of carbonyl (C=O) groups is 1. The van der Waals surface area contributed by atoms with Crippen LogP contribution in [-0.4, -0.2) is 34.7 Å². The number of nitrogens with one attached hydrogen (secondary N) is 2. The van der Waals surface area contributed by atoms with Crippen LogP contribution >= 0.6 is 0 Å². The monoisotopic (exact) mass is 281 g/mol. The van der Waals surface area contributed by atoms with E-state index in [1.807, 2.05) is 6.92 Å². The summed E-state index contributed by atoms with van der Waals surface area (Å²) in [5, 5.41) is 15.3. The van der Waals surface area contributed by atoms with Crippen LogP contribution in [0.2, 0.25) is 0 Å². The molecule has 1 fully saturated rings. The van der Waals surface area contributed by atoms with Crippen molar-refractivity contribution in [3.63, 3.8) is 0 Å². The number of hydrogen-bond donors (Lipinski definition) is 3. The van der Waals surface area contributed by atoms with Crippen molar-refractivity contribution in [3.8, 4) is 0 Å². The lowest BCUT2D eigenvalue weighted by atomic mass is 9.92. The Morgan fingerprint density at radius 2 is 2.25 bits per heavy atom. The number of nitrogens with zero attached hydrogens (tertiary/aromatic N) is 1. The van der Waals surface area contributed by atoms with Gasteiger partial charge in [0.2, 0.25) is 0 Å². The van der Waals surface area contributed by atoms with Gasteiger partial charge in [0.25, 0.3) is 5.91 Å². The molecule has 2 rings (SSSR count). The zero-order valence-corrected chi connectivity index (χ0v) is 11.5. The average molecular weight is 281 g/mol.